The molecule has 1 atom stereocenters. The van der Waals surface area contributed by atoms with Crippen LogP contribution in [0.5, 0.6) is 5.75 Å². The van der Waals surface area contributed by atoms with Crippen molar-refractivity contribution < 1.29 is 9.90 Å². The third-order valence-corrected chi connectivity index (χ3v) is 2.47. The number of carbonyl (C=O) groups is 1. The zero-order chi connectivity index (χ0) is 12.3. The van der Waals surface area contributed by atoms with E-state index in [9.17, 15) is 9.90 Å². The maximum atomic E-state index is 11.6. The van der Waals surface area contributed by atoms with E-state index in [-0.39, 0.29) is 23.3 Å². The van der Waals surface area contributed by atoms with Crippen molar-refractivity contribution in [3.63, 3.8) is 0 Å². The first-order valence-corrected chi connectivity index (χ1v) is 5.34. The van der Waals surface area contributed by atoms with E-state index in [1.54, 1.807) is 0 Å². The van der Waals surface area contributed by atoms with Gasteiger partial charge in [-0.25, -0.2) is 0 Å². The van der Waals surface area contributed by atoms with Gasteiger partial charge < -0.3 is 16.2 Å². The molecule has 0 heterocycles. The van der Waals surface area contributed by atoms with Gasteiger partial charge in [-0.05, 0) is 24.1 Å². The van der Waals surface area contributed by atoms with Gasteiger partial charge in [0.1, 0.15) is 5.75 Å². The Labute approximate surface area is 99.4 Å². The first-order chi connectivity index (χ1) is 7.41. The van der Waals surface area contributed by atoms with E-state index in [1.165, 1.54) is 18.2 Å². The number of nitrogens with two attached hydrogens (primary N) is 1. The number of nitrogens with one attached hydrogen (secondary N) is 1. The Balaban J connectivity index is 2.80. The summed E-state index contributed by atoms with van der Waals surface area (Å²) in [4.78, 5) is 11.6. The molecule has 0 saturated carbocycles. The molecular weight excluding hydrogens is 228 g/mol. The normalized spacial score (nSPS) is 12.6. The lowest BCUT2D eigenvalue weighted by Gasteiger charge is -2.15. The fraction of sp³-hybridized carbons (Fsp3) is 0.364. The lowest BCUT2D eigenvalue weighted by molar-refractivity contribution is -0.118. The van der Waals surface area contributed by atoms with Crippen LogP contribution in [-0.2, 0) is 4.79 Å². The Morgan fingerprint density at radius 2 is 2.12 bits per heavy atom. The van der Waals surface area contributed by atoms with Crippen LogP contribution < -0.4 is 11.1 Å². The molecule has 16 heavy (non-hydrogen) atoms. The van der Waals surface area contributed by atoms with Gasteiger partial charge in [-0.15, -0.1) is 0 Å². The van der Waals surface area contributed by atoms with Gasteiger partial charge in [-0.3, -0.25) is 4.79 Å². The zero-order valence-corrected chi connectivity index (χ0v) is 9.95. The van der Waals surface area contributed by atoms with Crippen molar-refractivity contribution in [3.8, 4) is 5.75 Å². The number of halogens is 1. The molecule has 0 aliphatic rings. The number of benzene rings is 1. The largest absolute Gasteiger partial charge is 0.506 e. The lowest BCUT2D eigenvalue weighted by atomic mass is 10.0. The summed E-state index contributed by atoms with van der Waals surface area (Å²) >= 11 is 5.75. The van der Waals surface area contributed by atoms with Crippen molar-refractivity contribution in [2.75, 3.05) is 5.32 Å². The van der Waals surface area contributed by atoms with E-state index in [2.05, 4.69) is 5.32 Å². The molecule has 4 nitrogen and oxygen atoms in total. The molecule has 0 spiro atoms. The molecular formula is C11H15ClN2O2. The van der Waals surface area contributed by atoms with Crippen LogP contribution in [0.4, 0.5) is 5.69 Å². The molecule has 0 aliphatic carbocycles. The second-order valence-corrected chi connectivity index (χ2v) is 4.36. The monoisotopic (exact) mass is 242 g/mol. The summed E-state index contributed by atoms with van der Waals surface area (Å²) in [5, 5.41) is 12.5. The molecule has 4 N–H and O–H groups in total. The third-order valence-electron chi connectivity index (χ3n) is 2.24. The highest BCUT2D eigenvalue weighted by atomic mass is 35.5. The molecule has 1 amide bonds. The molecule has 0 saturated heterocycles. The maximum absolute atomic E-state index is 11.6. The molecule has 5 heteroatoms. The SMILES string of the molecule is CC(C)[C@H](N)C(=O)Nc1cc(Cl)ccc1O. The van der Waals surface area contributed by atoms with Crippen LogP contribution in [0.3, 0.4) is 0 Å². The first-order valence-electron chi connectivity index (χ1n) is 4.96. The highest BCUT2D eigenvalue weighted by Gasteiger charge is 2.18. The van der Waals surface area contributed by atoms with Crippen LogP contribution in [0.15, 0.2) is 18.2 Å². The van der Waals surface area contributed by atoms with Crippen molar-refractivity contribution in [1.29, 1.82) is 0 Å². The minimum Gasteiger partial charge on any atom is -0.506 e. The average molecular weight is 243 g/mol. The molecule has 1 aromatic carbocycles. The zero-order valence-electron chi connectivity index (χ0n) is 9.20. The van der Waals surface area contributed by atoms with Crippen LogP contribution in [0.25, 0.3) is 0 Å². The van der Waals surface area contributed by atoms with Gasteiger partial charge >= 0.3 is 0 Å². The van der Waals surface area contributed by atoms with Gasteiger partial charge in [0.2, 0.25) is 5.91 Å². The molecule has 0 radical (unpaired) electrons. The fourth-order valence-corrected chi connectivity index (χ4v) is 1.30. The molecule has 0 aliphatic heterocycles. The third kappa shape index (κ3) is 3.12. The predicted molar refractivity (Wildman–Crippen MR) is 64.6 cm³/mol. The smallest absolute Gasteiger partial charge is 0.241 e. The van der Waals surface area contributed by atoms with Crippen LogP contribution in [0.2, 0.25) is 5.02 Å². The summed E-state index contributed by atoms with van der Waals surface area (Å²) in [5.41, 5.74) is 5.94. The van der Waals surface area contributed by atoms with Crippen LogP contribution in [0, 0.1) is 5.92 Å². The second kappa shape index (κ2) is 5.18. The highest BCUT2D eigenvalue weighted by molar-refractivity contribution is 6.31. The number of anilines is 1. The van der Waals surface area contributed by atoms with Gasteiger partial charge in [-0.1, -0.05) is 25.4 Å². The van der Waals surface area contributed by atoms with Gasteiger partial charge in [0, 0.05) is 5.02 Å². The summed E-state index contributed by atoms with van der Waals surface area (Å²) in [5.74, 6) is -0.345. The number of phenolic OH excluding ortho intramolecular Hbond substituents is 1. The fourth-order valence-electron chi connectivity index (χ4n) is 1.13. The number of hydrogen-bond acceptors (Lipinski definition) is 3. The molecule has 88 valence electrons. The number of phenols is 1. The van der Waals surface area contributed by atoms with Crippen LogP contribution >= 0.6 is 11.6 Å². The van der Waals surface area contributed by atoms with Crippen molar-refractivity contribution >= 4 is 23.2 Å². The van der Waals surface area contributed by atoms with E-state index < -0.39 is 6.04 Å². The molecule has 1 rings (SSSR count). The summed E-state index contributed by atoms with van der Waals surface area (Å²) < 4.78 is 0. The number of carbonyl (C=O) groups excluding carboxylic acids is 1. The standard InChI is InChI=1S/C11H15ClN2O2/c1-6(2)10(13)11(16)14-8-5-7(12)3-4-9(8)15/h3-6,10,15H,13H2,1-2H3,(H,14,16)/t10-/m0/s1. The minimum atomic E-state index is -0.613. The van der Waals surface area contributed by atoms with Crippen molar-refractivity contribution in [3.05, 3.63) is 23.2 Å². The van der Waals surface area contributed by atoms with Gasteiger partial charge in [0.05, 0.1) is 11.7 Å². The second-order valence-electron chi connectivity index (χ2n) is 3.92. The Kier molecular flexibility index (Phi) is 4.15. The Morgan fingerprint density at radius 1 is 1.50 bits per heavy atom. The average Bonchev–Trinajstić information content (AvgIpc) is 2.22. The van der Waals surface area contributed by atoms with E-state index >= 15 is 0 Å². The number of rotatable bonds is 3. The van der Waals surface area contributed by atoms with Crippen molar-refractivity contribution in [2.24, 2.45) is 11.7 Å². The van der Waals surface area contributed by atoms with Crippen LogP contribution in [-0.4, -0.2) is 17.1 Å². The Hall–Kier alpha value is -1.26. The molecule has 0 unspecified atom stereocenters. The number of amides is 1. The molecule has 1 aromatic rings. The molecule has 0 aromatic heterocycles. The van der Waals surface area contributed by atoms with E-state index in [0.717, 1.165) is 0 Å². The van der Waals surface area contributed by atoms with Crippen molar-refractivity contribution in [2.45, 2.75) is 19.9 Å². The summed E-state index contributed by atoms with van der Waals surface area (Å²) in [7, 11) is 0. The molecule has 0 bridgehead atoms. The van der Waals surface area contributed by atoms with E-state index in [0.29, 0.717) is 5.02 Å². The van der Waals surface area contributed by atoms with E-state index in [4.69, 9.17) is 17.3 Å². The maximum Gasteiger partial charge on any atom is 0.241 e. The summed E-state index contributed by atoms with van der Waals surface area (Å²) in [6.07, 6.45) is 0. The topological polar surface area (TPSA) is 75.4 Å². The van der Waals surface area contributed by atoms with Gasteiger partial charge in [-0.2, -0.15) is 0 Å². The van der Waals surface area contributed by atoms with Crippen LogP contribution in [0.1, 0.15) is 13.8 Å². The quantitative estimate of drug-likeness (QED) is 0.710. The Morgan fingerprint density at radius 3 is 2.69 bits per heavy atom. The molecule has 0 fully saturated rings. The number of hydrogen-bond donors (Lipinski definition) is 3. The predicted octanol–water partition coefficient (Wildman–Crippen LogP) is 1.97. The van der Waals surface area contributed by atoms with E-state index in [1.807, 2.05) is 13.8 Å². The first kappa shape index (κ1) is 12.8. The van der Waals surface area contributed by atoms with Crippen molar-refractivity contribution in [1.82, 2.24) is 0 Å². The minimum absolute atomic E-state index is 0.0290. The lowest BCUT2D eigenvalue weighted by Crippen LogP contribution is -2.39. The van der Waals surface area contributed by atoms with Gasteiger partial charge in [0.25, 0.3) is 0 Å². The summed E-state index contributed by atoms with van der Waals surface area (Å²) in [6, 6.07) is 3.81. The number of aromatic hydroxyl groups is 1. The van der Waals surface area contributed by atoms with Gasteiger partial charge in [0.15, 0.2) is 0 Å². The Bertz CT molecular complexity index is 394. The highest BCUT2D eigenvalue weighted by Crippen LogP contribution is 2.26. The summed E-state index contributed by atoms with van der Waals surface area (Å²) in [6.45, 7) is 3.70.